The lowest BCUT2D eigenvalue weighted by Gasteiger charge is -2.08. The minimum atomic E-state index is -0.948. The number of aromatic carboxylic acids is 1. The summed E-state index contributed by atoms with van der Waals surface area (Å²) in [5, 5.41) is 12.8. The number of pyridine rings is 1. The molecule has 2 aromatic rings. The maximum Gasteiger partial charge on any atom is 0.335 e. The summed E-state index contributed by atoms with van der Waals surface area (Å²) in [7, 11) is 0. The van der Waals surface area contributed by atoms with Gasteiger partial charge in [0, 0.05) is 17.3 Å². The summed E-state index contributed by atoms with van der Waals surface area (Å²) in [5.41, 5.74) is 2.08. The third kappa shape index (κ3) is 3.96. The fraction of sp³-hybridized carbons (Fsp3) is 0.200. The van der Waals surface area contributed by atoms with Crippen LogP contribution in [-0.2, 0) is 6.42 Å². The number of hydrogen-bond acceptors (Lipinski definition) is 3. The lowest BCUT2D eigenvalue weighted by atomic mass is 10.1. The summed E-state index contributed by atoms with van der Waals surface area (Å²) in [5.74, 6) is -0.368. The second-order valence-electron chi connectivity index (χ2n) is 4.49. The van der Waals surface area contributed by atoms with E-state index in [0.29, 0.717) is 23.1 Å². The third-order valence-corrected chi connectivity index (χ3v) is 3.09. The van der Waals surface area contributed by atoms with Gasteiger partial charge in [0.05, 0.1) is 5.56 Å². The predicted molar refractivity (Wildman–Crippen MR) is 79.6 cm³/mol. The molecule has 0 unspecified atom stereocenters. The number of carboxylic acids is 1. The van der Waals surface area contributed by atoms with Gasteiger partial charge in [0.2, 0.25) is 0 Å². The molecule has 0 fully saturated rings. The van der Waals surface area contributed by atoms with E-state index in [0.717, 1.165) is 12.0 Å². The molecule has 0 spiro atoms. The first kappa shape index (κ1) is 14.3. The number of nitrogens with zero attached hydrogens (tertiary/aromatic N) is 1. The maximum absolute atomic E-state index is 11.0. The van der Waals surface area contributed by atoms with Crippen molar-refractivity contribution in [3.63, 3.8) is 0 Å². The highest BCUT2D eigenvalue weighted by Gasteiger charge is 2.06. The number of rotatable bonds is 5. The molecule has 0 aliphatic heterocycles. The van der Waals surface area contributed by atoms with Crippen LogP contribution in [0.1, 0.15) is 21.6 Å². The van der Waals surface area contributed by atoms with Crippen LogP contribution in [-0.4, -0.2) is 22.6 Å². The van der Waals surface area contributed by atoms with Crippen LogP contribution in [0.15, 0.2) is 36.4 Å². The fourth-order valence-electron chi connectivity index (χ4n) is 1.87. The number of carboxylic acid groups (broad SMARTS) is 1. The Bertz CT molecular complexity index is 612. The molecule has 0 saturated carbocycles. The van der Waals surface area contributed by atoms with E-state index in [-0.39, 0.29) is 5.56 Å². The first-order chi connectivity index (χ1) is 9.54. The van der Waals surface area contributed by atoms with E-state index < -0.39 is 5.97 Å². The lowest BCUT2D eigenvalue weighted by molar-refractivity contribution is 0.0696. The summed E-state index contributed by atoms with van der Waals surface area (Å²) in [6.45, 7) is 2.45. The van der Waals surface area contributed by atoms with E-state index in [4.69, 9.17) is 16.7 Å². The van der Waals surface area contributed by atoms with Gasteiger partial charge in [-0.3, -0.25) is 0 Å². The fourth-order valence-corrected chi connectivity index (χ4v) is 1.99. The number of halogens is 1. The molecule has 1 aromatic heterocycles. The first-order valence-corrected chi connectivity index (χ1v) is 6.63. The van der Waals surface area contributed by atoms with E-state index in [1.807, 2.05) is 24.3 Å². The van der Waals surface area contributed by atoms with Crippen molar-refractivity contribution in [1.82, 2.24) is 4.98 Å². The first-order valence-electron chi connectivity index (χ1n) is 6.25. The largest absolute Gasteiger partial charge is 0.478 e. The quantitative estimate of drug-likeness (QED) is 0.886. The van der Waals surface area contributed by atoms with Crippen LogP contribution < -0.4 is 5.32 Å². The van der Waals surface area contributed by atoms with E-state index in [2.05, 4.69) is 10.3 Å². The Morgan fingerprint density at radius 2 is 2.00 bits per heavy atom. The lowest BCUT2D eigenvalue weighted by Crippen LogP contribution is -2.08. The summed E-state index contributed by atoms with van der Waals surface area (Å²) in [6, 6.07) is 10.7. The highest BCUT2D eigenvalue weighted by molar-refractivity contribution is 6.30. The van der Waals surface area contributed by atoms with Crippen molar-refractivity contribution in [3.8, 4) is 0 Å². The number of carbonyl (C=O) groups is 1. The van der Waals surface area contributed by atoms with Gasteiger partial charge in [0.15, 0.2) is 0 Å². The molecule has 20 heavy (non-hydrogen) atoms. The molecular formula is C15H15ClN2O2. The normalized spacial score (nSPS) is 10.3. The number of aryl methyl sites for hydroxylation is 1. The van der Waals surface area contributed by atoms with E-state index >= 15 is 0 Å². The van der Waals surface area contributed by atoms with Crippen molar-refractivity contribution in [3.05, 3.63) is 58.2 Å². The van der Waals surface area contributed by atoms with Crippen molar-refractivity contribution in [2.75, 3.05) is 11.9 Å². The van der Waals surface area contributed by atoms with Gasteiger partial charge in [-0.15, -0.1) is 0 Å². The summed E-state index contributed by atoms with van der Waals surface area (Å²) in [6.07, 6.45) is 0.815. The SMILES string of the molecule is Cc1cc(C(=O)O)cc(NCCc2ccc(Cl)cc2)n1. The zero-order valence-corrected chi connectivity index (χ0v) is 11.8. The average molecular weight is 291 g/mol. The standard InChI is InChI=1S/C15H15ClN2O2/c1-10-8-12(15(19)20)9-14(18-10)17-7-6-11-2-4-13(16)5-3-11/h2-5,8-9H,6-7H2,1H3,(H,17,18)(H,19,20). The molecule has 0 radical (unpaired) electrons. The molecule has 4 nitrogen and oxygen atoms in total. The molecule has 1 aromatic carbocycles. The monoisotopic (exact) mass is 290 g/mol. The van der Waals surface area contributed by atoms with Crippen molar-refractivity contribution < 1.29 is 9.90 Å². The van der Waals surface area contributed by atoms with Gasteiger partial charge < -0.3 is 10.4 Å². The molecule has 0 amide bonds. The summed E-state index contributed by atoms with van der Waals surface area (Å²) >= 11 is 5.82. The van der Waals surface area contributed by atoms with Crippen LogP contribution in [0.4, 0.5) is 5.82 Å². The van der Waals surface area contributed by atoms with Crippen molar-refractivity contribution in [2.45, 2.75) is 13.3 Å². The Labute approximate surface area is 122 Å². The minimum Gasteiger partial charge on any atom is -0.478 e. The van der Waals surface area contributed by atoms with Crippen LogP contribution >= 0.6 is 11.6 Å². The molecule has 0 aliphatic carbocycles. The highest BCUT2D eigenvalue weighted by atomic mass is 35.5. The predicted octanol–water partition coefficient (Wildman–Crippen LogP) is 3.40. The highest BCUT2D eigenvalue weighted by Crippen LogP contribution is 2.12. The van der Waals surface area contributed by atoms with Crippen molar-refractivity contribution >= 4 is 23.4 Å². The third-order valence-electron chi connectivity index (χ3n) is 2.83. The molecule has 2 N–H and O–H groups in total. The smallest absolute Gasteiger partial charge is 0.335 e. The van der Waals surface area contributed by atoms with Gasteiger partial charge in [0.25, 0.3) is 0 Å². The number of hydrogen-bond donors (Lipinski definition) is 2. The van der Waals surface area contributed by atoms with Crippen LogP contribution in [0.3, 0.4) is 0 Å². The van der Waals surface area contributed by atoms with Crippen LogP contribution in [0.2, 0.25) is 5.02 Å². The van der Waals surface area contributed by atoms with Crippen LogP contribution in [0, 0.1) is 6.92 Å². The summed E-state index contributed by atoms with van der Waals surface area (Å²) in [4.78, 5) is 15.2. The Morgan fingerprint density at radius 3 is 2.65 bits per heavy atom. The van der Waals surface area contributed by atoms with Crippen molar-refractivity contribution in [2.24, 2.45) is 0 Å². The Hall–Kier alpha value is -2.07. The van der Waals surface area contributed by atoms with E-state index in [1.54, 1.807) is 13.0 Å². The molecule has 2 rings (SSSR count). The number of nitrogens with one attached hydrogen (secondary N) is 1. The second-order valence-corrected chi connectivity index (χ2v) is 4.93. The number of benzene rings is 1. The van der Waals surface area contributed by atoms with Crippen LogP contribution in [0.25, 0.3) is 0 Å². The van der Waals surface area contributed by atoms with Gasteiger partial charge in [-0.2, -0.15) is 0 Å². The molecule has 1 heterocycles. The maximum atomic E-state index is 11.0. The van der Waals surface area contributed by atoms with E-state index in [9.17, 15) is 4.79 Å². The second kappa shape index (κ2) is 6.39. The summed E-state index contributed by atoms with van der Waals surface area (Å²) < 4.78 is 0. The molecule has 0 aliphatic rings. The van der Waals surface area contributed by atoms with Gasteiger partial charge in [-0.25, -0.2) is 9.78 Å². The average Bonchev–Trinajstić information content (AvgIpc) is 2.40. The zero-order valence-electron chi connectivity index (χ0n) is 11.1. The molecule has 0 bridgehead atoms. The molecule has 5 heteroatoms. The molecule has 0 saturated heterocycles. The van der Waals surface area contributed by atoms with Gasteiger partial charge >= 0.3 is 5.97 Å². The van der Waals surface area contributed by atoms with Gasteiger partial charge in [-0.1, -0.05) is 23.7 Å². The minimum absolute atomic E-state index is 0.242. The van der Waals surface area contributed by atoms with Gasteiger partial charge in [-0.05, 0) is 43.2 Å². The molecule has 0 atom stereocenters. The molecular weight excluding hydrogens is 276 g/mol. The van der Waals surface area contributed by atoms with E-state index in [1.165, 1.54) is 6.07 Å². The Morgan fingerprint density at radius 1 is 1.30 bits per heavy atom. The zero-order chi connectivity index (χ0) is 14.5. The van der Waals surface area contributed by atoms with Crippen LogP contribution in [0.5, 0.6) is 0 Å². The molecule has 104 valence electrons. The Balaban J connectivity index is 1.97. The number of anilines is 1. The van der Waals surface area contributed by atoms with Crippen molar-refractivity contribution in [1.29, 1.82) is 0 Å². The Kier molecular flexibility index (Phi) is 4.58. The topological polar surface area (TPSA) is 62.2 Å². The number of aromatic nitrogens is 1. The van der Waals surface area contributed by atoms with Gasteiger partial charge in [0.1, 0.15) is 5.82 Å².